The van der Waals surface area contributed by atoms with Crippen LogP contribution in [0, 0.1) is 0 Å². The lowest BCUT2D eigenvalue weighted by molar-refractivity contribution is 0.578. The van der Waals surface area contributed by atoms with Gasteiger partial charge in [0.05, 0.1) is 22.9 Å². The fourth-order valence-corrected chi connectivity index (χ4v) is 4.83. The molecule has 0 atom stereocenters. The third-order valence-corrected chi connectivity index (χ3v) is 7.16. The molecule has 0 bridgehead atoms. The van der Waals surface area contributed by atoms with E-state index in [1.165, 1.54) is 6.33 Å². The van der Waals surface area contributed by atoms with E-state index in [2.05, 4.69) is 41.1 Å². The summed E-state index contributed by atoms with van der Waals surface area (Å²) in [6.45, 7) is 6.81. The first-order valence-corrected chi connectivity index (χ1v) is 12.2. The Morgan fingerprint density at radius 2 is 1.74 bits per heavy atom. The number of halogens is 2. The smallest absolute Gasteiger partial charge is 0.168 e. The first kappa shape index (κ1) is 22.7. The van der Waals surface area contributed by atoms with Crippen molar-refractivity contribution in [3.63, 3.8) is 0 Å². The maximum Gasteiger partial charge on any atom is 0.168 e. The van der Waals surface area contributed by atoms with Crippen LogP contribution in [-0.4, -0.2) is 34.7 Å². The van der Waals surface area contributed by atoms with Crippen molar-refractivity contribution in [1.29, 1.82) is 0 Å². The molecule has 5 aromatic rings. The van der Waals surface area contributed by atoms with Crippen LogP contribution in [-0.2, 0) is 12.0 Å². The summed E-state index contributed by atoms with van der Waals surface area (Å²) in [7, 11) is 0. The third-order valence-electron chi connectivity index (χ3n) is 5.24. The number of benzene rings is 2. The number of hydrogen-bond donors (Lipinski definition) is 0. The fourth-order valence-electron chi connectivity index (χ4n) is 3.57. The lowest BCUT2D eigenvalue weighted by Crippen LogP contribution is -2.10. The van der Waals surface area contributed by atoms with Crippen molar-refractivity contribution in [2.24, 2.45) is 0 Å². The molecule has 10 heteroatoms. The fraction of sp³-hybridized carbons (Fsp3) is 0.208. The highest BCUT2D eigenvalue weighted by atomic mass is 35.5. The Hall–Kier alpha value is -3.07. The Kier molecular flexibility index (Phi) is 5.97. The molecule has 0 unspecified atom stereocenters. The van der Waals surface area contributed by atoms with Crippen LogP contribution in [0.2, 0.25) is 10.0 Å². The van der Waals surface area contributed by atoms with Gasteiger partial charge in [-0.05, 0) is 24.3 Å². The Balaban J connectivity index is 1.80. The second-order valence-corrected chi connectivity index (χ2v) is 10.6. The number of hydrogen-bond acceptors (Lipinski definition) is 6. The van der Waals surface area contributed by atoms with E-state index in [1.807, 2.05) is 53.2 Å². The van der Waals surface area contributed by atoms with E-state index in [4.69, 9.17) is 28.3 Å². The second-order valence-electron chi connectivity index (χ2n) is 8.80. The second kappa shape index (κ2) is 8.94. The zero-order valence-corrected chi connectivity index (χ0v) is 21.1. The molecule has 0 aliphatic heterocycles. The molecule has 0 aliphatic rings. The summed E-state index contributed by atoms with van der Waals surface area (Å²) in [6, 6.07) is 15.3. The Bertz CT molecular complexity index is 1430. The van der Waals surface area contributed by atoms with Gasteiger partial charge in [0, 0.05) is 21.6 Å². The van der Waals surface area contributed by atoms with Crippen molar-refractivity contribution in [1.82, 2.24) is 34.7 Å². The van der Waals surface area contributed by atoms with E-state index in [9.17, 15) is 0 Å². The molecule has 3 heterocycles. The first-order chi connectivity index (χ1) is 16.3. The van der Waals surface area contributed by atoms with Gasteiger partial charge in [0.15, 0.2) is 5.01 Å². The highest BCUT2D eigenvalue weighted by Crippen LogP contribution is 2.39. The minimum absolute atomic E-state index is 0.119. The highest BCUT2D eigenvalue weighted by Gasteiger charge is 2.27. The molecule has 172 valence electrons. The van der Waals surface area contributed by atoms with E-state index < -0.39 is 0 Å². The predicted molar refractivity (Wildman–Crippen MR) is 136 cm³/mol. The Morgan fingerprint density at radius 3 is 2.38 bits per heavy atom. The zero-order chi connectivity index (χ0) is 23.9. The number of aromatic nitrogens is 7. The monoisotopic (exact) mass is 509 g/mol. The van der Waals surface area contributed by atoms with E-state index in [0.717, 1.165) is 38.2 Å². The standard InChI is InChI=1S/C24H21Cl2N7S/c1-24(2,3)23-30-29-22(34-23)20-17(12-32-14-27-13-28-32)21(15-8-10-16(25)11-9-15)33(31-20)19-7-5-4-6-18(19)26/h4-11,13-14H,12H2,1-3H3. The number of para-hydroxylation sites is 1. The van der Waals surface area contributed by atoms with Crippen LogP contribution in [0.4, 0.5) is 0 Å². The maximum absolute atomic E-state index is 6.62. The summed E-state index contributed by atoms with van der Waals surface area (Å²) in [5, 5.41) is 21.3. The SMILES string of the molecule is CC(C)(C)c1nnc(-c2nn(-c3ccccc3Cl)c(-c3ccc(Cl)cc3)c2Cn2cncn2)s1. The summed E-state index contributed by atoms with van der Waals surface area (Å²) in [6.07, 6.45) is 3.20. The number of rotatable bonds is 5. The van der Waals surface area contributed by atoms with E-state index in [1.54, 1.807) is 22.3 Å². The van der Waals surface area contributed by atoms with E-state index in [0.29, 0.717) is 16.6 Å². The van der Waals surface area contributed by atoms with Crippen molar-refractivity contribution in [2.45, 2.75) is 32.7 Å². The van der Waals surface area contributed by atoms with Gasteiger partial charge < -0.3 is 0 Å². The van der Waals surface area contributed by atoms with Gasteiger partial charge in [-0.3, -0.25) is 0 Å². The highest BCUT2D eigenvalue weighted by molar-refractivity contribution is 7.14. The molecule has 0 spiro atoms. The molecule has 0 amide bonds. The van der Waals surface area contributed by atoms with Crippen molar-refractivity contribution < 1.29 is 0 Å². The topological polar surface area (TPSA) is 74.3 Å². The largest absolute Gasteiger partial charge is 0.248 e. The molecule has 2 aromatic carbocycles. The molecule has 3 aromatic heterocycles. The van der Waals surface area contributed by atoms with Crippen LogP contribution >= 0.6 is 34.5 Å². The normalized spacial score (nSPS) is 11.8. The average Bonchev–Trinajstić information content (AvgIpc) is 3.55. The molecule has 34 heavy (non-hydrogen) atoms. The molecule has 7 nitrogen and oxygen atoms in total. The molecule has 0 aliphatic carbocycles. The lowest BCUT2D eigenvalue weighted by Gasteiger charge is -2.12. The van der Waals surface area contributed by atoms with Crippen LogP contribution in [0.3, 0.4) is 0 Å². The van der Waals surface area contributed by atoms with Gasteiger partial charge in [-0.15, -0.1) is 10.2 Å². The van der Waals surface area contributed by atoms with Crippen LogP contribution in [0.25, 0.3) is 27.6 Å². The molecular weight excluding hydrogens is 489 g/mol. The minimum atomic E-state index is -0.119. The molecule has 0 radical (unpaired) electrons. The molecule has 5 rings (SSSR count). The van der Waals surface area contributed by atoms with Crippen LogP contribution in [0.15, 0.2) is 61.2 Å². The average molecular weight is 510 g/mol. The Morgan fingerprint density at radius 1 is 0.971 bits per heavy atom. The first-order valence-electron chi connectivity index (χ1n) is 10.6. The minimum Gasteiger partial charge on any atom is -0.248 e. The van der Waals surface area contributed by atoms with Crippen molar-refractivity contribution >= 4 is 34.5 Å². The summed E-state index contributed by atoms with van der Waals surface area (Å²) in [4.78, 5) is 4.11. The quantitative estimate of drug-likeness (QED) is 0.277. The van der Waals surface area contributed by atoms with E-state index >= 15 is 0 Å². The van der Waals surface area contributed by atoms with Crippen molar-refractivity contribution in [3.05, 3.63) is 81.8 Å². The summed E-state index contributed by atoms with van der Waals surface area (Å²) in [5.41, 5.74) is 4.13. The van der Waals surface area contributed by atoms with Gasteiger partial charge in [-0.25, -0.2) is 14.3 Å². The van der Waals surface area contributed by atoms with E-state index in [-0.39, 0.29) is 5.41 Å². The third kappa shape index (κ3) is 4.36. The molecular formula is C24H21Cl2N7S. The van der Waals surface area contributed by atoms with Gasteiger partial charge in [0.2, 0.25) is 0 Å². The Labute approximate surface area is 211 Å². The predicted octanol–water partition coefficient (Wildman–Crippen LogP) is 6.30. The summed E-state index contributed by atoms with van der Waals surface area (Å²) in [5.74, 6) is 0. The maximum atomic E-state index is 6.62. The van der Waals surface area contributed by atoms with Crippen molar-refractivity contribution in [2.75, 3.05) is 0 Å². The molecule has 0 N–H and O–H groups in total. The summed E-state index contributed by atoms with van der Waals surface area (Å²) < 4.78 is 3.63. The molecule has 0 saturated carbocycles. The molecule has 0 saturated heterocycles. The number of nitrogens with zero attached hydrogens (tertiary/aromatic N) is 7. The van der Waals surface area contributed by atoms with Gasteiger partial charge in [0.1, 0.15) is 23.4 Å². The van der Waals surface area contributed by atoms with Gasteiger partial charge in [-0.1, -0.05) is 79.6 Å². The molecule has 0 fully saturated rings. The van der Waals surface area contributed by atoms with Crippen LogP contribution in [0.5, 0.6) is 0 Å². The summed E-state index contributed by atoms with van der Waals surface area (Å²) >= 11 is 14.4. The van der Waals surface area contributed by atoms with Crippen LogP contribution in [0.1, 0.15) is 31.3 Å². The van der Waals surface area contributed by atoms with Gasteiger partial charge in [0.25, 0.3) is 0 Å². The van der Waals surface area contributed by atoms with Gasteiger partial charge in [-0.2, -0.15) is 10.2 Å². The van der Waals surface area contributed by atoms with Crippen molar-refractivity contribution in [3.8, 4) is 27.6 Å². The zero-order valence-electron chi connectivity index (χ0n) is 18.8. The lowest BCUT2D eigenvalue weighted by atomic mass is 9.98. The van der Waals surface area contributed by atoms with Crippen LogP contribution < -0.4 is 0 Å². The van der Waals surface area contributed by atoms with Gasteiger partial charge >= 0.3 is 0 Å².